The van der Waals surface area contributed by atoms with Crippen LogP contribution in [0.4, 0.5) is 0 Å². The zero-order valence-corrected chi connectivity index (χ0v) is 13.9. The van der Waals surface area contributed by atoms with Crippen molar-refractivity contribution in [3.63, 3.8) is 0 Å². The Morgan fingerprint density at radius 2 is 1.30 bits per heavy atom. The highest BCUT2D eigenvalue weighted by Crippen LogP contribution is 2.62. The first-order chi connectivity index (χ1) is 9.58. The second kappa shape index (κ2) is 4.75. The molecule has 4 rings (SSSR count). The quantitative estimate of drug-likeness (QED) is 0.515. The smallest absolute Gasteiger partial charge is 0.0323 e. The van der Waals surface area contributed by atoms with Gasteiger partial charge >= 0.3 is 0 Å². The third-order valence-electron chi connectivity index (χ3n) is 8.51. The molecule has 20 heavy (non-hydrogen) atoms. The van der Waals surface area contributed by atoms with Gasteiger partial charge in [-0.05, 0) is 85.4 Å². The largest absolute Gasteiger partial charge is 0.0617 e. The van der Waals surface area contributed by atoms with Crippen molar-refractivity contribution in [2.24, 2.45) is 46.8 Å². The summed E-state index contributed by atoms with van der Waals surface area (Å²) in [6, 6.07) is 0. The summed E-state index contributed by atoms with van der Waals surface area (Å²) < 4.78 is 0. The highest BCUT2D eigenvalue weighted by atomic mass is 14.6. The van der Waals surface area contributed by atoms with Gasteiger partial charge in [0.15, 0.2) is 0 Å². The Bertz CT molecular complexity index is 368. The molecule has 0 heteroatoms. The van der Waals surface area contributed by atoms with E-state index < -0.39 is 0 Å². The van der Waals surface area contributed by atoms with Gasteiger partial charge in [0.05, 0.1) is 0 Å². The van der Waals surface area contributed by atoms with E-state index in [2.05, 4.69) is 20.8 Å². The Kier molecular flexibility index (Phi) is 3.24. The van der Waals surface area contributed by atoms with Gasteiger partial charge in [-0.1, -0.05) is 40.0 Å². The summed E-state index contributed by atoms with van der Waals surface area (Å²) in [5.74, 6) is 7.68. The molecule has 0 N–H and O–H groups in total. The second-order valence-electron chi connectivity index (χ2n) is 9.50. The fourth-order valence-corrected chi connectivity index (χ4v) is 7.27. The fraction of sp³-hybridized carbons (Fsp3) is 1.00. The van der Waals surface area contributed by atoms with E-state index in [0.717, 1.165) is 41.4 Å². The van der Waals surface area contributed by atoms with Crippen LogP contribution in [0.1, 0.15) is 78.6 Å². The van der Waals surface area contributed by atoms with E-state index in [-0.39, 0.29) is 0 Å². The monoisotopic (exact) mass is 274 g/mol. The average Bonchev–Trinajstić information content (AvgIpc) is 2.69. The summed E-state index contributed by atoms with van der Waals surface area (Å²) in [6.07, 6.45) is 14.1. The minimum Gasteiger partial charge on any atom is -0.0617 e. The molecule has 7 unspecified atom stereocenters. The topological polar surface area (TPSA) is 0 Å². The molecular formula is C20H34. The van der Waals surface area contributed by atoms with E-state index in [9.17, 15) is 0 Å². The highest BCUT2D eigenvalue weighted by molar-refractivity contribution is 5.03. The molecule has 114 valence electrons. The summed E-state index contributed by atoms with van der Waals surface area (Å²) in [5, 5.41) is 0. The van der Waals surface area contributed by atoms with Crippen molar-refractivity contribution in [2.45, 2.75) is 78.6 Å². The predicted octanol–water partition coefficient (Wildman–Crippen LogP) is 5.91. The van der Waals surface area contributed by atoms with Crippen LogP contribution >= 0.6 is 0 Å². The molecule has 0 aromatic rings. The molecule has 4 fully saturated rings. The zero-order valence-electron chi connectivity index (χ0n) is 13.9. The van der Waals surface area contributed by atoms with Crippen molar-refractivity contribution >= 4 is 0 Å². The number of hydrogen-bond acceptors (Lipinski definition) is 0. The molecule has 0 nitrogen and oxygen atoms in total. The van der Waals surface area contributed by atoms with Crippen LogP contribution in [-0.2, 0) is 0 Å². The molecule has 4 aliphatic carbocycles. The van der Waals surface area contributed by atoms with Crippen molar-refractivity contribution in [3.8, 4) is 0 Å². The second-order valence-corrected chi connectivity index (χ2v) is 9.50. The molecule has 7 atom stereocenters. The van der Waals surface area contributed by atoms with Gasteiger partial charge in [-0.25, -0.2) is 0 Å². The van der Waals surface area contributed by atoms with Gasteiger partial charge in [-0.2, -0.15) is 0 Å². The SMILES string of the molecule is CC1C2CCC3C4CCCCC4CCC3C2CC1(C)C. The standard InChI is InChI=1S/C20H34/c1-13-15-10-11-17-16-7-5-4-6-14(16)8-9-18(17)19(15)12-20(13,2)3/h13-19H,4-12H2,1-3H3. The van der Waals surface area contributed by atoms with Gasteiger partial charge in [-0.3, -0.25) is 0 Å². The first kappa shape index (κ1) is 13.6. The lowest BCUT2D eigenvalue weighted by Gasteiger charge is -2.52. The molecule has 0 saturated heterocycles. The number of rotatable bonds is 0. The van der Waals surface area contributed by atoms with Crippen LogP contribution in [0.5, 0.6) is 0 Å². The minimum atomic E-state index is 0.619. The van der Waals surface area contributed by atoms with E-state index in [1.807, 2.05) is 0 Å². The normalized spacial score (nSPS) is 53.9. The number of fused-ring (bicyclic) bond motifs is 5. The van der Waals surface area contributed by atoms with Crippen LogP contribution in [0.2, 0.25) is 0 Å². The minimum absolute atomic E-state index is 0.619. The van der Waals surface area contributed by atoms with Gasteiger partial charge in [-0.15, -0.1) is 0 Å². The Morgan fingerprint density at radius 1 is 0.650 bits per heavy atom. The summed E-state index contributed by atoms with van der Waals surface area (Å²) in [6.45, 7) is 7.67. The lowest BCUT2D eigenvalue weighted by molar-refractivity contribution is -0.0234. The maximum absolute atomic E-state index is 2.57. The van der Waals surface area contributed by atoms with Gasteiger partial charge in [0.1, 0.15) is 0 Å². The van der Waals surface area contributed by atoms with E-state index in [4.69, 9.17) is 0 Å². The van der Waals surface area contributed by atoms with E-state index >= 15 is 0 Å². The van der Waals surface area contributed by atoms with Crippen molar-refractivity contribution in [2.75, 3.05) is 0 Å². The summed E-state index contributed by atoms with van der Waals surface area (Å²) >= 11 is 0. The Labute approximate surface area is 126 Å². The van der Waals surface area contributed by atoms with E-state index in [1.54, 1.807) is 44.9 Å². The molecule has 0 spiro atoms. The lowest BCUT2D eigenvalue weighted by Crippen LogP contribution is -2.43. The number of hydrogen-bond donors (Lipinski definition) is 0. The average molecular weight is 274 g/mol. The Balaban J connectivity index is 1.57. The predicted molar refractivity (Wildman–Crippen MR) is 85.4 cm³/mol. The summed E-state index contributed by atoms with van der Waals surface area (Å²) in [4.78, 5) is 0. The van der Waals surface area contributed by atoms with Crippen LogP contribution in [0.25, 0.3) is 0 Å². The lowest BCUT2D eigenvalue weighted by atomic mass is 9.53. The zero-order chi connectivity index (χ0) is 13.9. The van der Waals surface area contributed by atoms with Crippen LogP contribution in [0.3, 0.4) is 0 Å². The van der Waals surface area contributed by atoms with Crippen LogP contribution in [0.15, 0.2) is 0 Å². The van der Waals surface area contributed by atoms with Gasteiger partial charge in [0, 0.05) is 0 Å². The molecule has 0 heterocycles. The van der Waals surface area contributed by atoms with Crippen LogP contribution in [-0.4, -0.2) is 0 Å². The molecular weight excluding hydrogens is 240 g/mol. The van der Waals surface area contributed by atoms with Crippen molar-refractivity contribution < 1.29 is 0 Å². The van der Waals surface area contributed by atoms with Crippen molar-refractivity contribution in [3.05, 3.63) is 0 Å². The molecule has 4 aliphatic rings. The summed E-state index contributed by atoms with van der Waals surface area (Å²) in [7, 11) is 0. The summed E-state index contributed by atoms with van der Waals surface area (Å²) in [5.41, 5.74) is 0.619. The molecule has 0 aliphatic heterocycles. The molecule has 0 aromatic carbocycles. The van der Waals surface area contributed by atoms with E-state index in [1.165, 1.54) is 12.8 Å². The van der Waals surface area contributed by atoms with Crippen LogP contribution in [0, 0.1) is 46.8 Å². The highest BCUT2D eigenvalue weighted by Gasteiger charge is 2.54. The Hall–Kier alpha value is 0. The molecule has 0 bridgehead atoms. The maximum Gasteiger partial charge on any atom is -0.0323 e. The third kappa shape index (κ3) is 1.92. The van der Waals surface area contributed by atoms with Crippen molar-refractivity contribution in [1.82, 2.24) is 0 Å². The Morgan fingerprint density at radius 3 is 2.15 bits per heavy atom. The molecule has 0 radical (unpaired) electrons. The first-order valence-electron chi connectivity index (χ1n) is 9.58. The van der Waals surface area contributed by atoms with E-state index in [0.29, 0.717) is 5.41 Å². The first-order valence-corrected chi connectivity index (χ1v) is 9.58. The van der Waals surface area contributed by atoms with Gasteiger partial charge < -0.3 is 0 Å². The van der Waals surface area contributed by atoms with Gasteiger partial charge in [0.25, 0.3) is 0 Å². The van der Waals surface area contributed by atoms with Crippen LogP contribution < -0.4 is 0 Å². The van der Waals surface area contributed by atoms with Crippen molar-refractivity contribution in [1.29, 1.82) is 0 Å². The third-order valence-corrected chi connectivity index (χ3v) is 8.51. The van der Waals surface area contributed by atoms with Gasteiger partial charge in [0.2, 0.25) is 0 Å². The fourth-order valence-electron chi connectivity index (χ4n) is 7.27. The maximum atomic E-state index is 2.57. The molecule has 4 saturated carbocycles. The molecule has 0 amide bonds. The molecule has 0 aromatic heterocycles.